The first-order chi connectivity index (χ1) is 9.74. The summed E-state index contributed by atoms with van der Waals surface area (Å²) in [4.78, 5) is 25.1. The quantitative estimate of drug-likeness (QED) is 0.874. The molecular formula is C12H12F3N3O3. The second-order valence-electron chi connectivity index (χ2n) is 4.32. The van der Waals surface area contributed by atoms with Crippen molar-refractivity contribution in [3.8, 4) is 0 Å². The highest BCUT2D eigenvalue weighted by molar-refractivity contribution is 5.83. The number of hydrogen-bond acceptors (Lipinski definition) is 4. The van der Waals surface area contributed by atoms with E-state index in [4.69, 9.17) is 4.74 Å². The summed E-state index contributed by atoms with van der Waals surface area (Å²) in [5, 5.41) is 3.64. The largest absolute Gasteiger partial charge is 0.465 e. The van der Waals surface area contributed by atoms with Gasteiger partial charge in [0.05, 0.1) is 23.3 Å². The van der Waals surface area contributed by atoms with Gasteiger partial charge in [0.15, 0.2) is 0 Å². The highest BCUT2D eigenvalue weighted by Gasteiger charge is 2.35. The van der Waals surface area contributed by atoms with Crippen molar-refractivity contribution in [3.63, 3.8) is 0 Å². The van der Waals surface area contributed by atoms with Crippen LogP contribution in [0.5, 0.6) is 0 Å². The Labute approximate surface area is 116 Å². The third-order valence-corrected chi connectivity index (χ3v) is 2.80. The second-order valence-corrected chi connectivity index (χ2v) is 4.32. The van der Waals surface area contributed by atoms with E-state index in [0.717, 1.165) is 4.68 Å². The molecule has 2 aromatic rings. The predicted molar refractivity (Wildman–Crippen MR) is 66.7 cm³/mol. The molecule has 0 saturated carbocycles. The zero-order valence-electron chi connectivity index (χ0n) is 11.2. The van der Waals surface area contributed by atoms with Crippen LogP contribution in [0.3, 0.4) is 0 Å². The zero-order chi connectivity index (χ0) is 15.8. The molecule has 2 aromatic heterocycles. The minimum Gasteiger partial charge on any atom is -0.465 e. The van der Waals surface area contributed by atoms with Gasteiger partial charge in [-0.15, -0.1) is 0 Å². The van der Waals surface area contributed by atoms with Crippen molar-refractivity contribution in [1.29, 1.82) is 0 Å². The van der Waals surface area contributed by atoms with Crippen molar-refractivity contribution in [2.45, 2.75) is 26.6 Å². The lowest BCUT2D eigenvalue weighted by molar-refractivity contribution is -0.144. The molecule has 1 N–H and O–H groups in total. The maximum absolute atomic E-state index is 13.0. The number of pyridine rings is 1. The summed E-state index contributed by atoms with van der Waals surface area (Å²) < 4.78 is 44.7. The average molecular weight is 303 g/mol. The first-order valence-electron chi connectivity index (χ1n) is 6.07. The molecule has 2 rings (SSSR count). The lowest BCUT2D eigenvalue weighted by Gasteiger charge is -2.08. The number of hydrogen-bond donors (Lipinski definition) is 1. The Bertz CT molecular complexity index is 746. The summed E-state index contributed by atoms with van der Waals surface area (Å²) in [7, 11) is 0. The molecule has 9 heteroatoms. The van der Waals surface area contributed by atoms with Crippen molar-refractivity contribution in [3.05, 3.63) is 27.7 Å². The lowest BCUT2D eigenvalue weighted by atomic mass is 10.1. The Kier molecular flexibility index (Phi) is 3.75. The summed E-state index contributed by atoms with van der Waals surface area (Å²) in [5.74, 6) is -0.653. The number of nitrogens with zero attached hydrogens (tertiary/aromatic N) is 2. The molecule has 0 bridgehead atoms. The number of H-pyrrole nitrogens is 1. The van der Waals surface area contributed by atoms with Crippen LogP contribution in [0.15, 0.2) is 10.9 Å². The number of alkyl halides is 3. The molecule has 0 aromatic carbocycles. The number of aromatic nitrogens is 3. The first-order valence-corrected chi connectivity index (χ1v) is 6.07. The molecule has 2 heterocycles. The predicted octanol–water partition coefficient (Wildman–Crippen LogP) is 1.61. The van der Waals surface area contributed by atoms with E-state index in [2.05, 4.69) is 10.1 Å². The van der Waals surface area contributed by atoms with E-state index in [1.165, 1.54) is 6.92 Å². The van der Waals surface area contributed by atoms with Crippen LogP contribution < -0.4 is 5.56 Å². The molecule has 6 nitrogen and oxygen atoms in total. The summed E-state index contributed by atoms with van der Waals surface area (Å²) in [5.41, 5.74) is -2.08. The minimum absolute atomic E-state index is 0.0675. The molecule has 0 aliphatic heterocycles. The van der Waals surface area contributed by atoms with Crippen LogP contribution in [0, 0.1) is 6.92 Å². The van der Waals surface area contributed by atoms with Crippen molar-refractivity contribution in [2.24, 2.45) is 0 Å². The van der Waals surface area contributed by atoms with E-state index in [0.29, 0.717) is 6.07 Å². The maximum atomic E-state index is 13.0. The van der Waals surface area contributed by atoms with Gasteiger partial charge in [0.1, 0.15) is 12.2 Å². The fourth-order valence-electron chi connectivity index (χ4n) is 2.05. The normalized spacial score (nSPS) is 11.9. The van der Waals surface area contributed by atoms with Crippen LogP contribution >= 0.6 is 0 Å². The van der Waals surface area contributed by atoms with Crippen LogP contribution in [-0.4, -0.2) is 27.3 Å². The maximum Gasteiger partial charge on any atom is 0.417 e. The molecular weight excluding hydrogens is 291 g/mol. The van der Waals surface area contributed by atoms with E-state index in [1.807, 2.05) is 0 Å². The minimum atomic E-state index is -4.69. The molecule has 0 unspecified atom stereocenters. The molecule has 0 atom stereocenters. The van der Waals surface area contributed by atoms with Gasteiger partial charge in [-0.05, 0) is 13.8 Å². The number of esters is 1. The van der Waals surface area contributed by atoms with Crippen LogP contribution in [0.4, 0.5) is 13.2 Å². The molecule has 0 aliphatic rings. The van der Waals surface area contributed by atoms with Crippen molar-refractivity contribution >= 4 is 17.0 Å². The van der Waals surface area contributed by atoms with Crippen LogP contribution in [0.25, 0.3) is 11.0 Å². The topological polar surface area (TPSA) is 77.0 Å². The molecule has 0 radical (unpaired) electrons. The van der Waals surface area contributed by atoms with Crippen molar-refractivity contribution in [2.75, 3.05) is 6.61 Å². The summed E-state index contributed by atoms with van der Waals surface area (Å²) in [6, 6.07) is 0.478. The van der Waals surface area contributed by atoms with Gasteiger partial charge in [0.2, 0.25) is 5.56 Å². The van der Waals surface area contributed by atoms with Crippen LogP contribution in [0.1, 0.15) is 18.2 Å². The number of aryl methyl sites for hydroxylation is 1. The number of rotatable bonds is 3. The Balaban J connectivity index is 2.64. The van der Waals surface area contributed by atoms with Gasteiger partial charge in [-0.1, -0.05) is 0 Å². The summed E-state index contributed by atoms with van der Waals surface area (Å²) >= 11 is 0. The van der Waals surface area contributed by atoms with Gasteiger partial charge in [-0.25, -0.2) is 4.68 Å². The highest BCUT2D eigenvalue weighted by Crippen LogP contribution is 2.34. The summed E-state index contributed by atoms with van der Waals surface area (Å²) in [6.07, 6.45) is -4.69. The number of halogens is 3. The molecule has 21 heavy (non-hydrogen) atoms. The SMILES string of the molecule is CCOC(=O)Cn1nc(C)c2c(C(F)(F)F)cc(=O)[nH]c21. The Morgan fingerprint density at radius 1 is 1.48 bits per heavy atom. The number of carbonyl (C=O) groups excluding carboxylic acids is 1. The van der Waals surface area contributed by atoms with Crippen molar-refractivity contribution in [1.82, 2.24) is 14.8 Å². The van der Waals surface area contributed by atoms with Gasteiger partial charge < -0.3 is 9.72 Å². The summed E-state index contributed by atoms with van der Waals surface area (Å²) in [6.45, 7) is 2.74. The monoisotopic (exact) mass is 303 g/mol. The number of fused-ring (bicyclic) bond motifs is 1. The average Bonchev–Trinajstić information content (AvgIpc) is 2.64. The standard InChI is InChI=1S/C12H12F3N3O3/c1-3-21-9(20)5-18-11-10(6(2)17-18)7(12(13,14)15)4-8(19)16-11/h4H,3,5H2,1-2H3,(H,16,19). The lowest BCUT2D eigenvalue weighted by Crippen LogP contribution is -2.18. The smallest absolute Gasteiger partial charge is 0.417 e. The van der Waals surface area contributed by atoms with Gasteiger partial charge in [0, 0.05) is 6.07 Å². The number of ether oxygens (including phenoxy) is 1. The third kappa shape index (κ3) is 2.91. The molecule has 0 fully saturated rings. The second kappa shape index (κ2) is 5.23. The fourth-order valence-corrected chi connectivity index (χ4v) is 2.05. The number of carbonyl (C=O) groups is 1. The first kappa shape index (κ1) is 15.1. The number of aromatic amines is 1. The molecule has 0 spiro atoms. The Morgan fingerprint density at radius 3 is 2.71 bits per heavy atom. The van der Waals surface area contributed by atoms with Gasteiger partial charge in [-0.3, -0.25) is 9.59 Å². The Morgan fingerprint density at radius 2 is 2.14 bits per heavy atom. The van der Waals surface area contributed by atoms with Crippen LogP contribution in [-0.2, 0) is 22.3 Å². The van der Waals surface area contributed by atoms with E-state index in [1.54, 1.807) is 6.92 Å². The molecule has 114 valence electrons. The van der Waals surface area contributed by atoms with Gasteiger partial charge in [-0.2, -0.15) is 18.3 Å². The van der Waals surface area contributed by atoms with Crippen molar-refractivity contribution < 1.29 is 22.7 Å². The van der Waals surface area contributed by atoms with E-state index >= 15 is 0 Å². The van der Waals surface area contributed by atoms with E-state index < -0.39 is 23.3 Å². The Hall–Kier alpha value is -2.32. The van der Waals surface area contributed by atoms with E-state index in [9.17, 15) is 22.8 Å². The molecule has 0 aliphatic carbocycles. The highest BCUT2D eigenvalue weighted by atomic mass is 19.4. The van der Waals surface area contributed by atoms with E-state index in [-0.39, 0.29) is 29.9 Å². The van der Waals surface area contributed by atoms with Gasteiger partial charge >= 0.3 is 12.1 Å². The third-order valence-electron chi connectivity index (χ3n) is 2.80. The zero-order valence-corrected chi connectivity index (χ0v) is 11.2. The van der Waals surface area contributed by atoms with Crippen LogP contribution in [0.2, 0.25) is 0 Å². The molecule has 0 saturated heterocycles. The fraction of sp³-hybridized carbons (Fsp3) is 0.417. The molecule has 0 amide bonds. The van der Waals surface area contributed by atoms with Gasteiger partial charge in [0.25, 0.3) is 0 Å². The number of nitrogens with one attached hydrogen (secondary N) is 1.